The Balaban J connectivity index is 1.33. The molecule has 0 bridgehead atoms. The van der Waals surface area contributed by atoms with E-state index in [-0.39, 0.29) is 11.8 Å². The zero-order valence-corrected chi connectivity index (χ0v) is 23.9. The van der Waals surface area contributed by atoms with Crippen LogP contribution in [-0.4, -0.2) is 47.0 Å². The van der Waals surface area contributed by atoms with E-state index in [2.05, 4.69) is 51.4 Å². The van der Waals surface area contributed by atoms with Gasteiger partial charge in [0.05, 0.1) is 22.8 Å². The number of hydrogen-bond acceptors (Lipinski definition) is 8. The number of fused-ring (bicyclic) bond motifs is 1. The fourth-order valence-corrected chi connectivity index (χ4v) is 5.12. The summed E-state index contributed by atoms with van der Waals surface area (Å²) in [7, 11) is 0.941. The maximum absolute atomic E-state index is 11.5. The fourth-order valence-electron chi connectivity index (χ4n) is 4.51. The zero-order chi connectivity index (χ0) is 28.3. The molecule has 0 fully saturated rings. The molecule has 0 radical (unpaired) electrons. The molecule has 10 heteroatoms. The van der Waals surface area contributed by atoms with Gasteiger partial charge in [0.2, 0.25) is 11.9 Å². The number of rotatable bonds is 10. The number of anilines is 5. The summed E-state index contributed by atoms with van der Waals surface area (Å²) < 4.78 is 25.1. The number of sulfone groups is 1. The van der Waals surface area contributed by atoms with Crippen molar-refractivity contribution < 1.29 is 8.42 Å². The van der Waals surface area contributed by atoms with Gasteiger partial charge in [-0.15, -0.1) is 0 Å². The van der Waals surface area contributed by atoms with Crippen LogP contribution in [0, 0.1) is 0 Å². The maximum Gasteiger partial charge on any atom is 0.229 e. The summed E-state index contributed by atoms with van der Waals surface area (Å²) >= 11 is 0. The molecule has 0 aliphatic rings. The van der Waals surface area contributed by atoms with E-state index in [0.29, 0.717) is 12.4 Å². The fraction of sp³-hybridized carbons (Fsp3) is 0.233. The molecule has 0 spiro atoms. The third kappa shape index (κ3) is 6.40. The Bertz CT molecular complexity index is 1740. The summed E-state index contributed by atoms with van der Waals surface area (Å²) in [5.41, 5.74) is 5.78. The van der Waals surface area contributed by atoms with E-state index in [9.17, 15) is 8.42 Å². The highest BCUT2D eigenvalue weighted by atomic mass is 32.2. The Morgan fingerprint density at radius 1 is 0.975 bits per heavy atom. The van der Waals surface area contributed by atoms with Gasteiger partial charge >= 0.3 is 0 Å². The van der Waals surface area contributed by atoms with Crippen LogP contribution in [0.2, 0.25) is 0 Å². The van der Waals surface area contributed by atoms with Crippen molar-refractivity contribution in [2.75, 3.05) is 34.6 Å². The van der Waals surface area contributed by atoms with Gasteiger partial charge < -0.3 is 20.1 Å². The number of imidazole rings is 1. The molecule has 206 valence electrons. The van der Waals surface area contributed by atoms with Gasteiger partial charge in [0.25, 0.3) is 0 Å². The van der Waals surface area contributed by atoms with Gasteiger partial charge in [-0.3, -0.25) is 0 Å². The highest BCUT2D eigenvalue weighted by Crippen LogP contribution is 2.29. The number of nitrogens with zero attached hydrogens (tertiary/aromatic N) is 5. The van der Waals surface area contributed by atoms with Gasteiger partial charge in [-0.05, 0) is 60.9 Å². The lowest BCUT2D eigenvalue weighted by atomic mass is 10.1. The summed E-state index contributed by atoms with van der Waals surface area (Å²) in [4.78, 5) is 15.9. The molecule has 0 amide bonds. The average molecular weight is 556 g/mol. The van der Waals surface area contributed by atoms with Crippen LogP contribution in [0.5, 0.6) is 0 Å². The van der Waals surface area contributed by atoms with E-state index in [1.54, 1.807) is 6.20 Å². The summed E-state index contributed by atoms with van der Waals surface area (Å²) in [5.74, 6) is 2.08. The number of nitrogens with one attached hydrogen (secondary N) is 2. The first kappa shape index (κ1) is 27.1. The molecule has 0 aliphatic carbocycles. The van der Waals surface area contributed by atoms with Gasteiger partial charge in [-0.2, -0.15) is 4.98 Å². The second-order valence-corrected chi connectivity index (χ2v) is 12.2. The summed E-state index contributed by atoms with van der Waals surface area (Å²) in [6, 6.07) is 26.1. The predicted octanol–water partition coefficient (Wildman–Crippen LogP) is 5.64. The Kier molecular flexibility index (Phi) is 7.70. The number of hydrogen-bond donors (Lipinski definition) is 2. The summed E-state index contributed by atoms with van der Waals surface area (Å²) in [6.07, 6.45) is 3.41. The van der Waals surface area contributed by atoms with Crippen molar-refractivity contribution in [3.05, 3.63) is 96.2 Å². The Morgan fingerprint density at radius 2 is 1.77 bits per heavy atom. The van der Waals surface area contributed by atoms with Crippen molar-refractivity contribution in [3.8, 4) is 0 Å². The molecular formula is C30H33N7O2S. The minimum atomic E-state index is -3.03. The topological polar surface area (TPSA) is 105 Å². The molecule has 1 unspecified atom stereocenters. The molecule has 5 aromatic rings. The lowest BCUT2D eigenvalue weighted by molar-refractivity contribution is 0.601. The van der Waals surface area contributed by atoms with Crippen LogP contribution in [0.25, 0.3) is 11.0 Å². The van der Waals surface area contributed by atoms with Crippen LogP contribution in [0.1, 0.15) is 24.1 Å². The molecule has 0 saturated carbocycles. The first-order valence-corrected chi connectivity index (χ1v) is 15.1. The molecule has 3 aromatic carbocycles. The van der Waals surface area contributed by atoms with Crippen molar-refractivity contribution in [1.29, 1.82) is 0 Å². The van der Waals surface area contributed by atoms with Gasteiger partial charge in [-0.1, -0.05) is 42.5 Å². The molecule has 0 saturated heterocycles. The van der Waals surface area contributed by atoms with E-state index in [1.165, 1.54) is 11.8 Å². The van der Waals surface area contributed by atoms with Crippen molar-refractivity contribution in [2.45, 2.75) is 19.4 Å². The van der Waals surface area contributed by atoms with Gasteiger partial charge in [0.15, 0.2) is 0 Å². The van der Waals surface area contributed by atoms with E-state index >= 15 is 0 Å². The smallest absolute Gasteiger partial charge is 0.229 e. The maximum atomic E-state index is 11.5. The summed E-state index contributed by atoms with van der Waals surface area (Å²) in [6.45, 7) is 2.13. The van der Waals surface area contributed by atoms with Crippen molar-refractivity contribution in [2.24, 2.45) is 7.05 Å². The first-order chi connectivity index (χ1) is 19.2. The van der Waals surface area contributed by atoms with Gasteiger partial charge in [0.1, 0.15) is 15.7 Å². The normalized spacial score (nSPS) is 12.3. The minimum absolute atomic E-state index is 0.109. The molecular weight excluding hydrogens is 522 g/mol. The number of aryl methyl sites for hydroxylation is 2. The van der Waals surface area contributed by atoms with Gasteiger partial charge in [-0.25, -0.2) is 18.4 Å². The van der Waals surface area contributed by atoms with Crippen LogP contribution in [0.3, 0.4) is 0 Å². The van der Waals surface area contributed by atoms with Crippen LogP contribution in [0.4, 0.5) is 29.1 Å². The second-order valence-electron chi connectivity index (χ2n) is 9.95. The predicted molar refractivity (Wildman–Crippen MR) is 162 cm³/mol. The van der Waals surface area contributed by atoms with Crippen molar-refractivity contribution in [1.82, 2.24) is 19.5 Å². The molecule has 2 N–H and O–H groups in total. The highest BCUT2D eigenvalue weighted by Gasteiger charge is 2.14. The van der Waals surface area contributed by atoms with E-state index in [1.807, 2.05) is 73.6 Å². The van der Waals surface area contributed by atoms with Crippen LogP contribution >= 0.6 is 0 Å². The van der Waals surface area contributed by atoms with Crippen molar-refractivity contribution in [3.63, 3.8) is 0 Å². The van der Waals surface area contributed by atoms with Crippen LogP contribution in [-0.2, 0) is 23.3 Å². The SMILES string of the molecule is CC(Nc1nc2cc(N(C)c3ccnc(Nc4cccc(CCS(C)(=O)=O)c4)n3)ccc2n1C)c1ccccc1. The molecule has 5 rings (SSSR count). The molecule has 40 heavy (non-hydrogen) atoms. The quantitative estimate of drug-likeness (QED) is 0.228. The van der Waals surface area contributed by atoms with E-state index < -0.39 is 9.84 Å². The zero-order valence-electron chi connectivity index (χ0n) is 23.0. The Labute approximate surface area is 234 Å². The van der Waals surface area contributed by atoms with Crippen LogP contribution < -0.4 is 15.5 Å². The largest absolute Gasteiger partial charge is 0.349 e. The second kappa shape index (κ2) is 11.4. The number of benzene rings is 3. The summed E-state index contributed by atoms with van der Waals surface area (Å²) in [5, 5.41) is 6.76. The van der Waals surface area contributed by atoms with Crippen LogP contribution in [0.15, 0.2) is 85.1 Å². The van der Waals surface area contributed by atoms with E-state index in [0.717, 1.165) is 39.7 Å². The van der Waals surface area contributed by atoms with Gasteiger partial charge in [0, 0.05) is 37.9 Å². The minimum Gasteiger partial charge on any atom is -0.349 e. The standard InChI is InChI=1S/C30H33N7O2S/c1-21(23-10-6-5-7-11-23)32-30-34-26-20-25(13-14-27(26)37(30)3)36(2)28-15-17-31-29(35-28)33-24-12-8-9-22(19-24)16-18-40(4,38)39/h5-15,17,19-21H,16,18H2,1-4H3,(H,32,34)(H,31,33,35). The van der Waals surface area contributed by atoms with Crippen molar-refractivity contribution >= 4 is 50.0 Å². The third-order valence-corrected chi connectivity index (χ3v) is 7.77. The lowest BCUT2D eigenvalue weighted by Gasteiger charge is -2.19. The Morgan fingerprint density at radius 3 is 2.55 bits per heavy atom. The molecule has 9 nitrogen and oxygen atoms in total. The highest BCUT2D eigenvalue weighted by molar-refractivity contribution is 7.90. The third-order valence-electron chi connectivity index (χ3n) is 6.83. The molecule has 0 aliphatic heterocycles. The average Bonchev–Trinajstić information content (AvgIpc) is 3.26. The number of aromatic nitrogens is 4. The lowest BCUT2D eigenvalue weighted by Crippen LogP contribution is -2.12. The molecule has 1 atom stereocenters. The first-order valence-electron chi connectivity index (χ1n) is 13.0. The molecule has 2 heterocycles. The van der Waals surface area contributed by atoms with E-state index in [4.69, 9.17) is 9.97 Å². The molecule has 2 aromatic heterocycles. The Hall–Kier alpha value is -4.44. The monoisotopic (exact) mass is 555 g/mol.